The molecule has 15 nitrogen and oxygen atoms in total. The molecule has 0 radical (unpaired) electrons. The lowest BCUT2D eigenvalue weighted by Gasteiger charge is -2.29. The first-order valence-electron chi connectivity index (χ1n) is 23.7. The fraction of sp³-hybridized carbons (Fsp3) is 0.434. The Hall–Kier alpha value is -6.72. The Morgan fingerprint density at radius 2 is 1.74 bits per heavy atom. The Balaban J connectivity index is 0.000000258. The van der Waals surface area contributed by atoms with Crippen LogP contribution in [0, 0.1) is 36.9 Å². The molecule has 8 rings (SSSR count). The molecule has 2 unspecified atom stereocenters. The van der Waals surface area contributed by atoms with Gasteiger partial charge in [0.2, 0.25) is 6.41 Å². The molecule has 1 amide bonds. The maximum Gasteiger partial charge on any atom is 0.338 e. The van der Waals surface area contributed by atoms with Crippen LogP contribution in [0.2, 0.25) is 0 Å². The van der Waals surface area contributed by atoms with Crippen LogP contribution in [0.5, 0.6) is 0 Å². The van der Waals surface area contributed by atoms with Gasteiger partial charge >= 0.3 is 5.69 Å². The zero-order chi connectivity index (χ0) is 51.7. The number of likely N-dealkylation sites (N-methyl/N-ethyl adjacent to an activating group) is 2. The molecule has 70 heavy (non-hydrogen) atoms. The molecule has 3 aromatic heterocycles. The molecule has 3 aliphatic rings. The van der Waals surface area contributed by atoms with Gasteiger partial charge in [-0.15, -0.1) is 0 Å². The zero-order valence-corrected chi connectivity index (χ0v) is 42.9. The predicted octanol–water partition coefficient (Wildman–Crippen LogP) is 9.37. The second-order valence-electron chi connectivity index (χ2n) is 17.8. The van der Waals surface area contributed by atoms with Crippen molar-refractivity contribution in [3.8, 4) is 11.5 Å². The number of carbonyl (C=O) groups is 2. The maximum atomic E-state index is 14.4. The largest absolute Gasteiger partial charge is 0.398 e. The van der Waals surface area contributed by atoms with E-state index in [1.807, 2.05) is 62.8 Å². The molecular weight excluding hydrogens is 895 g/mol. The molecule has 2 aliphatic heterocycles. The van der Waals surface area contributed by atoms with E-state index < -0.39 is 0 Å². The van der Waals surface area contributed by atoms with Crippen molar-refractivity contribution in [2.24, 2.45) is 24.0 Å². The first-order valence-corrected chi connectivity index (χ1v) is 23.7. The Kier molecular flexibility index (Phi) is 21.0. The molecule has 1 aliphatic carbocycles. The fourth-order valence-electron chi connectivity index (χ4n) is 8.11. The van der Waals surface area contributed by atoms with Crippen LogP contribution in [0.25, 0.3) is 28.1 Å². The van der Waals surface area contributed by atoms with Crippen molar-refractivity contribution in [2.75, 3.05) is 34.4 Å². The highest BCUT2D eigenvalue weighted by Gasteiger charge is 2.38. The first-order chi connectivity index (χ1) is 33.5. The van der Waals surface area contributed by atoms with Crippen molar-refractivity contribution in [3.63, 3.8) is 0 Å². The van der Waals surface area contributed by atoms with Gasteiger partial charge in [-0.25, -0.2) is 18.3 Å². The minimum absolute atomic E-state index is 0.0843. The fourth-order valence-corrected chi connectivity index (χ4v) is 8.11. The summed E-state index contributed by atoms with van der Waals surface area (Å²) >= 11 is 0. The summed E-state index contributed by atoms with van der Waals surface area (Å²) in [6.45, 7) is 18.1. The van der Waals surface area contributed by atoms with Crippen molar-refractivity contribution in [3.05, 3.63) is 129 Å². The molecule has 5 aromatic rings. The van der Waals surface area contributed by atoms with Gasteiger partial charge in [-0.1, -0.05) is 44.1 Å². The number of imidazole rings is 1. The summed E-state index contributed by atoms with van der Waals surface area (Å²) in [5.74, 6) is 2.03. The number of carbonyl (C=O) groups excluding carboxylic acids is 2. The minimum atomic E-state index is -0.297. The van der Waals surface area contributed by atoms with Crippen LogP contribution in [-0.4, -0.2) is 93.1 Å². The number of hydrogen-bond donors (Lipinski definition) is 3. The summed E-state index contributed by atoms with van der Waals surface area (Å²) in [5.41, 5.74) is 6.36. The molecule has 1 saturated heterocycles. The van der Waals surface area contributed by atoms with E-state index in [0.29, 0.717) is 71.0 Å². The van der Waals surface area contributed by atoms with E-state index >= 15 is 0 Å². The van der Waals surface area contributed by atoms with Gasteiger partial charge in [-0.2, -0.15) is 5.10 Å². The molecule has 0 spiro atoms. The Morgan fingerprint density at radius 3 is 2.27 bits per heavy atom. The lowest BCUT2D eigenvalue weighted by Crippen LogP contribution is -2.28. The maximum absolute atomic E-state index is 14.4. The molecule has 3 N–H and O–H groups in total. The van der Waals surface area contributed by atoms with Crippen molar-refractivity contribution < 1.29 is 27.9 Å². The van der Waals surface area contributed by atoms with Crippen LogP contribution in [0.3, 0.4) is 0 Å². The molecule has 5 heterocycles. The number of amidine groups is 1. The van der Waals surface area contributed by atoms with Crippen LogP contribution < -0.4 is 16.3 Å². The summed E-state index contributed by atoms with van der Waals surface area (Å²) in [6, 6.07) is 13.3. The average molecular weight is 967 g/mol. The standard InChI is InChI=1S/C27H31F2N7O.C10H9NO.C7H12N2O2.C7H14O.C2H6/c1-17-12-21(13-18(2)25(17)29)36-26(22-16-33(5)9-8-24(22)32-36)35-11-10-34(27(35)37)19(3)6-7-23(31-4)20(14-28)15-30;1-11-9(7-12)6-8-4-2-3-5-10(8)11;1-5-3-6(5)7(8-4-10)9-11-2;1-7(2)5-3-4-6-8-7;1-2/h6-7,10-15,30-31H,8-9,16H2,1-5H3;2-7H,1H3;4-6H,3H2,1-2H3,(H,8,9,10);3-6H2,1-2H3;1-2H3/b19-6+,20-14+,23-7+,30-15?;;;;. The van der Waals surface area contributed by atoms with Gasteiger partial charge in [0.15, 0.2) is 12.1 Å². The minimum Gasteiger partial charge on any atom is -0.398 e. The number of aromatic nitrogens is 5. The van der Waals surface area contributed by atoms with Crippen molar-refractivity contribution >= 4 is 41.3 Å². The van der Waals surface area contributed by atoms with Crippen LogP contribution >= 0.6 is 0 Å². The topological polar surface area (TPSA) is 166 Å². The lowest BCUT2D eigenvalue weighted by atomic mass is 9.99. The van der Waals surface area contributed by atoms with Crippen LogP contribution in [0.4, 0.5) is 8.78 Å². The molecule has 378 valence electrons. The van der Waals surface area contributed by atoms with Crippen LogP contribution in [0.1, 0.15) is 100 Å². The van der Waals surface area contributed by atoms with Crippen LogP contribution in [0.15, 0.2) is 94.6 Å². The second kappa shape index (κ2) is 26.3. The van der Waals surface area contributed by atoms with E-state index in [9.17, 15) is 23.2 Å². The highest BCUT2D eigenvalue weighted by molar-refractivity contribution is 5.93. The number of rotatable bonds is 11. The quantitative estimate of drug-likeness (QED) is 0.0387. The number of aldehydes is 1. The number of halogens is 2. The van der Waals surface area contributed by atoms with Gasteiger partial charge in [-0.05, 0) is 121 Å². The Morgan fingerprint density at radius 1 is 1.06 bits per heavy atom. The normalized spacial score (nSPS) is 17.7. The third kappa shape index (κ3) is 14.2. The van der Waals surface area contributed by atoms with Gasteiger partial charge in [-0.3, -0.25) is 18.7 Å². The number of fused-ring (bicyclic) bond motifs is 2. The summed E-state index contributed by atoms with van der Waals surface area (Å²) in [5, 5.41) is 22.4. The van der Waals surface area contributed by atoms with Crippen molar-refractivity contribution in [1.29, 1.82) is 5.41 Å². The number of oxime groups is 1. The van der Waals surface area contributed by atoms with Crippen molar-refractivity contribution in [1.82, 2.24) is 39.0 Å². The number of benzene rings is 2. The predicted molar refractivity (Wildman–Crippen MR) is 276 cm³/mol. The van der Waals surface area contributed by atoms with Gasteiger partial charge in [0.05, 0.1) is 29.0 Å². The molecule has 2 aromatic carbocycles. The lowest BCUT2D eigenvalue weighted by molar-refractivity contribution is -0.108. The monoisotopic (exact) mass is 967 g/mol. The third-order valence-electron chi connectivity index (χ3n) is 12.2. The SMILES string of the molecule is CC.CC1(C)CCCCO1.CNC(=C/C=C(\C)n1ccn(-c2c3c(nn2-c2cc(C)c(F)c(C)c2)CCN(C)C3)c1=O)/C(C=N)=C/F.CO/N=C(\NC=O)C1CC1C.Cn1c(C=O)cc2ccccc21. The van der Waals surface area contributed by atoms with Gasteiger partial charge in [0, 0.05) is 98.2 Å². The molecule has 2 fully saturated rings. The molecule has 1 saturated carbocycles. The van der Waals surface area contributed by atoms with E-state index in [0.717, 1.165) is 66.3 Å². The molecule has 2 atom stereocenters. The Bertz CT molecular complexity index is 2720. The summed E-state index contributed by atoms with van der Waals surface area (Å²) in [7, 11) is 7.02. The smallest absolute Gasteiger partial charge is 0.338 e. The number of para-hydroxylation sites is 1. The Labute approximate surface area is 411 Å². The number of ether oxygens (including phenoxy) is 1. The highest BCUT2D eigenvalue weighted by atomic mass is 19.1. The number of allylic oxidation sites excluding steroid dienone is 4. The van der Waals surface area contributed by atoms with E-state index in [-0.39, 0.29) is 22.7 Å². The van der Waals surface area contributed by atoms with Gasteiger partial charge in [0.1, 0.15) is 18.7 Å². The third-order valence-corrected chi connectivity index (χ3v) is 12.2. The van der Waals surface area contributed by atoms with Crippen LogP contribution in [-0.2, 0) is 34.4 Å². The summed E-state index contributed by atoms with van der Waals surface area (Å²) in [6.07, 6.45) is 15.1. The highest BCUT2D eigenvalue weighted by Crippen LogP contribution is 2.38. The number of amides is 1. The van der Waals surface area contributed by atoms with Gasteiger partial charge < -0.3 is 35.1 Å². The molecular formula is C53H72F2N10O5. The van der Waals surface area contributed by atoms with E-state index in [1.54, 1.807) is 73.7 Å². The second-order valence-corrected chi connectivity index (χ2v) is 17.8. The average Bonchev–Trinajstić information content (AvgIpc) is 3.60. The van der Waals surface area contributed by atoms with E-state index in [1.165, 1.54) is 30.9 Å². The summed E-state index contributed by atoms with van der Waals surface area (Å²) < 4.78 is 39.6. The number of hydrogen-bond acceptors (Lipinski definition) is 10. The number of nitrogens with one attached hydrogen (secondary N) is 3. The molecule has 17 heteroatoms. The number of nitrogens with zero attached hydrogens (tertiary/aromatic N) is 7. The molecule has 0 bridgehead atoms. The van der Waals surface area contributed by atoms with Gasteiger partial charge in [0.25, 0.3) is 0 Å². The first kappa shape index (κ1) is 55.9. The number of aryl methyl sites for hydroxylation is 3. The van der Waals surface area contributed by atoms with E-state index in [4.69, 9.17) is 15.2 Å². The van der Waals surface area contributed by atoms with Crippen molar-refractivity contribution in [2.45, 2.75) is 99.6 Å². The zero-order valence-electron chi connectivity index (χ0n) is 42.9. The van der Waals surface area contributed by atoms with E-state index in [2.05, 4.69) is 46.3 Å². The summed E-state index contributed by atoms with van der Waals surface area (Å²) in [4.78, 5) is 41.0.